The minimum Gasteiger partial charge on any atom is -0.394 e. The van der Waals surface area contributed by atoms with Crippen molar-refractivity contribution in [1.29, 1.82) is 0 Å². The lowest BCUT2D eigenvalue weighted by molar-refractivity contribution is 0.234. The van der Waals surface area contributed by atoms with E-state index in [0.717, 1.165) is 0 Å². The van der Waals surface area contributed by atoms with E-state index >= 15 is 0 Å². The second-order valence-corrected chi connectivity index (χ2v) is 6.86. The molecule has 0 fully saturated rings. The molecule has 0 aromatic heterocycles. The van der Waals surface area contributed by atoms with Crippen molar-refractivity contribution in [2.24, 2.45) is 5.92 Å². The van der Waals surface area contributed by atoms with E-state index in [1.165, 1.54) is 16.8 Å². The van der Waals surface area contributed by atoms with Crippen molar-refractivity contribution >= 4 is 5.69 Å². The van der Waals surface area contributed by atoms with Gasteiger partial charge < -0.3 is 10.0 Å². The molecule has 0 bridgehead atoms. The van der Waals surface area contributed by atoms with Crippen LogP contribution >= 0.6 is 0 Å². The van der Waals surface area contributed by atoms with Crippen LogP contribution in [0.2, 0.25) is 0 Å². The Hall–Kier alpha value is -1.02. The van der Waals surface area contributed by atoms with E-state index in [-0.39, 0.29) is 18.1 Å². The summed E-state index contributed by atoms with van der Waals surface area (Å²) in [5.74, 6) is 0.424. The van der Waals surface area contributed by atoms with Gasteiger partial charge in [0.05, 0.1) is 12.6 Å². The molecular weight excluding hydrogens is 234 g/mol. The SMILES string of the molecule is Cc1ccc(C(C)(C)C)cc1N(C)C(CO)C(C)C. The van der Waals surface area contributed by atoms with Gasteiger partial charge in [0.15, 0.2) is 0 Å². The average molecular weight is 263 g/mol. The molecule has 0 amide bonds. The quantitative estimate of drug-likeness (QED) is 0.894. The number of likely N-dealkylation sites (N-methyl/N-ethyl adjacent to an activating group) is 1. The van der Waals surface area contributed by atoms with Crippen LogP contribution in [0.4, 0.5) is 5.69 Å². The van der Waals surface area contributed by atoms with Gasteiger partial charge in [-0.05, 0) is 35.4 Å². The van der Waals surface area contributed by atoms with Crippen molar-refractivity contribution in [2.45, 2.75) is 53.0 Å². The molecule has 108 valence electrons. The molecule has 1 atom stereocenters. The van der Waals surface area contributed by atoms with E-state index < -0.39 is 0 Å². The number of aliphatic hydroxyl groups is 1. The van der Waals surface area contributed by atoms with Crippen molar-refractivity contribution in [2.75, 3.05) is 18.6 Å². The molecule has 0 spiro atoms. The largest absolute Gasteiger partial charge is 0.394 e. The van der Waals surface area contributed by atoms with Gasteiger partial charge in [0, 0.05) is 12.7 Å². The number of aliphatic hydroxyl groups excluding tert-OH is 1. The Morgan fingerprint density at radius 1 is 1.21 bits per heavy atom. The molecule has 0 aliphatic rings. The summed E-state index contributed by atoms with van der Waals surface area (Å²) in [6.07, 6.45) is 0. The number of hydrogen-bond acceptors (Lipinski definition) is 2. The zero-order valence-corrected chi connectivity index (χ0v) is 13.5. The zero-order chi connectivity index (χ0) is 14.8. The Balaban J connectivity index is 3.18. The maximum Gasteiger partial charge on any atom is 0.0637 e. The van der Waals surface area contributed by atoms with Crippen LogP contribution in [0.3, 0.4) is 0 Å². The van der Waals surface area contributed by atoms with Gasteiger partial charge in [0.1, 0.15) is 0 Å². The normalized spacial score (nSPS) is 13.7. The Morgan fingerprint density at radius 2 is 1.79 bits per heavy atom. The first-order valence-electron chi connectivity index (χ1n) is 7.13. The van der Waals surface area contributed by atoms with Crippen LogP contribution in [0.1, 0.15) is 45.7 Å². The van der Waals surface area contributed by atoms with Crippen LogP contribution in [0.5, 0.6) is 0 Å². The molecule has 0 aliphatic carbocycles. The fourth-order valence-electron chi connectivity index (χ4n) is 2.42. The molecule has 0 aliphatic heterocycles. The van der Waals surface area contributed by atoms with Gasteiger partial charge in [0.25, 0.3) is 0 Å². The number of hydrogen-bond donors (Lipinski definition) is 1. The molecular formula is C17H29NO. The molecule has 19 heavy (non-hydrogen) atoms. The fourth-order valence-corrected chi connectivity index (χ4v) is 2.42. The molecule has 0 saturated heterocycles. The van der Waals surface area contributed by atoms with Crippen molar-refractivity contribution < 1.29 is 5.11 Å². The summed E-state index contributed by atoms with van der Waals surface area (Å²) in [5, 5.41) is 9.61. The van der Waals surface area contributed by atoms with Gasteiger partial charge in [-0.1, -0.05) is 46.8 Å². The predicted molar refractivity (Wildman–Crippen MR) is 84.0 cm³/mol. The van der Waals surface area contributed by atoms with E-state index in [9.17, 15) is 5.11 Å². The maximum atomic E-state index is 9.61. The lowest BCUT2D eigenvalue weighted by Crippen LogP contribution is -2.39. The minimum absolute atomic E-state index is 0.149. The third-order valence-electron chi connectivity index (χ3n) is 3.91. The summed E-state index contributed by atoms with van der Waals surface area (Å²) < 4.78 is 0. The molecule has 0 radical (unpaired) electrons. The summed E-state index contributed by atoms with van der Waals surface area (Å²) in [5.41, 5.74) is 3.96. The standard InChI is InChI=1S/C17H29NO/c1-12(2)16(11-19)18(7)15-10-14(17(4,5)6)9-8-13(15)3/h8-10,12,16,19H,11H2,1-7H3. The Bertz CT molecular complexity index is 418. The first kappa shape index (κ1) is 16.0. The molecule has 0 saturated carbocycles. The van der Waals surface area contributed by atoms with E-state index in [1.807, 2.05) is 0 Å². The van der Waals surface area contributed by atoms with Crippen molar-refractivity contribution in [3.05, 3.63) is 29.3 Å². The lowest BCUT2D eigenvalue weighted by Gasteiger charge is -2.34. The van der Waals surface area contributed by atoms with Crippen LogP contribution in [0.25, 0.3) is 0 Å². The summed E-state index contributed by atoms with van der Waals surface area (Å²) in [6.45, 7) is 13.3. The summed E-state index contributed by atoms with van der Waals surface area (Å²) >= 11 is 0. The summed E-state index contributed by atoms with van der Waals surface area (Å²) in [7, 11) is 2.08. The third kappa shape index (κ3) is 3.73. The van der Waals surface area contributed by atoms with E-state index in [1.54, 1.807) is 0 Å². The van der Waals surface area contributed by atoms with Gasteiger partial charge in [-0.2, -0.15) is 0 Å². The molecule has 2 nitrogen and oxygen atoms in total. The highest BCUT2D eigenvalue weighted by Gasteiger charge is 2.21. The van der Waals surface area contributed by atoms with Gasteiger partial charge >= 0.3 is 0 Å². The number of benzene rings is 1. The highest BCUT2D eigenvalue weighted by atomic mass is 16.3. The number of nitrogens with zero attached hydrogens (tertiary/aromatic N) is 1. The first-order chi connectivity index (χ1) is 8.68. The molecule has 1 unspecified atom stereocenters. The topological polar surface area (TPSA) is 23.5 Å². The summed E-state index contributed by atoms with van der Waals surface area (Å²) in [6, 6.07) is 6.81. The molecule has 1 aromatic rings. The molecule has 1 aromatic carbocycles. The molecule has 1 rings (SSSR count). The average Bonchev–Trinajstić information content (AvgIpc) is 2.28. The smallest absolute Gasteiger partial charge is 0.0637 e. The Kier molecular flexibility index (Phi) is 5.03. The second-order valence-electron chi connectivity index (χ2n) is 6.86. The monoisotopic (exact) mass is 263 g/mol. The lowest BCUT2D eigenvalue weighted by atomic mass is 9.86. The van der Waals surface area contributed by atoms with Crippen LogP contribution < -0.4 is 4.90 Å². The van der Waals surface area contributed by atoms with E-state index in [4.69, 9.17) is 0 Å². The highest BCUT2D eigenvalue weighted by molar-refractivity contribution is 5.56. The van der Waals surface area contributed by atoms with E-state index in [0.29, 0.717) is 5.92 Å². The minimum atomic E-state index is 0.149. The first-order valence-corrected chi connectivity index (χ1v) is 7.13. The predicted octanol–water partition coefficient (Wildman–Crippen LogP) is 3.75. The van der Waals surface area contributed by atoms with Gasteiger partial charge in [-0.3, -0.25) is 0 Å². The third-order valence-corrected chi connectivity index (χ3v) is 3.91. The van der Waals surface area contributed by atoms with Gasteiger partial charge in [-0.25, -0.2) is 0 Å². The van der Waals surface area contributed by atoms with Crippen molar-refractivity contribution in [3.8, 4) is 0 Å². The van der Waals surface area contributed by atoms with E-state index in [2.05, 4.69) is 71.7 Å². The van der Waals surface area contributed by atoms with Crippen molar-refractivity contribution in [3.63, 3.8) is 0 Å². The zero-order valence-electron chi connectivity index (χ0n) is 13.5. The molecule has 0 heterocycles. The van der Waals surface area contributed by atoms with Crippen LogP contribution in [-0.4, -0.2) is 24.8 Å². The maximum absolute atomic E-state index is 9.61. The fraction of sp³-hybridized carbons (Fsp3) is 0.647. The van der Waals surface area contributed by atoms with Crippen LogP contribution in [-0.2, 0) is 5.41 Å². The number of anilines is 1. The number of rotatable bonds is 4. The summed E-state index contributed by atoms with van der Waals surface area (Å²) in [4.78, 5) is 2.22. The Labute approximate surface area is 118 Å². The highest BCUT2D eigenvalue weighted by Crippen LogP contribution is 2.30. The molecule has 2 heteroatoms. The molecule has 1 N–H and O–H groups in total. The van der Waals surface area contributed by atoms with Crippen LogP contribution in [0.15, 0.2) is 18.2 Å². The van der Waals surface area contributed by atoms with Gasteiger partial charge in [0.2, 0.25) is 0 Å². The van der Waals surface area contributed by atoms with Crippen LogP contribution in [0, 0.1) is 12.8 Å². The van der Waals surface area contributed by atoms with Gasteiger partial charge in [-0.15, -0.1) is 0 Å². The second kappa shape index (κ2) is 5.96. The number of aryl methyl sites for hydroxylation is 1. The van der Waals surface area contributed by atoms with Crippen molar-refractivity contribution in [1.82, 2.24) is 0 Å². The Morgan fingerprint density at radius 3 is 2.21 bits per heavy atom.